The summed E-state index contributed by atoms with van der Waals surface area (Å²) >= 11 is 0. The second-order valence-electron chi connectivity index (χ2n) is 4.85. The number of hydrogen-bond acceptors (Lipinski definition) is 4. The fourth-order valence-corrected chi connectivity index (χ4v) is 2.45. The van der Waals surface area contributed by atoms with Gasteiger partial charge in [-0.25, -0.2) is 0 Å². The maximum Gasteiger partial charge on any atom is 0.261 e. The highest BCUT2D eigenvalue weighted by Gasteiger charge is 2.29. The first kappa shape index (κ1) is 14.2. The van der Waals surface area contributed by atoms with Gasteiger partial charge in [0.25, 0.3) is 5.91 Å². The summed E-state index contributed by atoms with van der Waals surface area (Å²) in [6, 6.07) is 4.20. The van der Waals surface area contributed by atoms with Crippen molar-refractivity contribution in [3.05, 3.63) is 23.8 Å². The van der Waals surface area contributed by atoms with Crippen LogP contribution in [0.25, 0.3) is 0 Å². The standard InChI is InChI=1S/C14H18N2O4/c1-15-13(19)9-5-7-16(8-6-9)14(20)12-10(17)3-2-4-11(12)18/h2-4,9,17-18H,5-8H2,1H3,(H,15,19). The lowest BCUT2D eigenvalue weighted by Crippen LogP contribution is -2.42. The van der Waals surface area contributed by atoms with Gasteiger partial charge >= 0.3 is 0 Å². The van der Waals surface area contributed by atoms with Crippen molar-refractivity contribution in [3.8, 4) is 11.5 Å². The Bertz CT molecular complexity index is 502. The van der Waals surface area contributed by atoms with E-state index < -0.39 is 5.91 Å². The molecule has 3 N–H and O–H groups in total. The molecule has 0 aromatic heterocycles. The topological polar surface area (TPSA) is 89.9 Å². The van der Waals surface area contributed by atoms with Crippen molar-refractivity contribution in [1.82, 2.24) is 10.2 Å². The number of benzene rings is 1. The highest BCUT2D eigenvalue weighted by molar-refractivity contribution is 5.99. The van der Waals surface area contributed by atoms with Crippen LogP contribution in [0.2, 0.25) is 0 Å². The summed E-state index contributed by atoms with van der Waals surface area (Å²) in [5.74, 6) is -0.965. The molecule has 108 valence electrons. The third-order valence-electron chi connectivity index (χ3n) is 3.63. The minimum atomic E-state index is -0.407. The Balaban J connectivity index is 2.07. The minimum Gasteiger partial charge on any atom is -0.507 e. The number of likely N-dealkylation sites (tertiary alicyclic amines) is 1. The van der Waals surface area contributed by atoms with Gasteiger partial charge in [0, 0.05) is 26.1 Å². The molecule has 20 heavy (non-hydrogen) atoms. The molecule has 0 spiro atoms. The second kappa shape index (κ2) is 5.81. The Morgan fingerprint density at radius 3 is 2.25 bits per heavy atom. The van der Waals surface area contributed by atoms with E-state index in [1.807, 2.05) is 0 Å². The Morgan fingerprint density at radius 2 is 1.75 bits per heavy atom. The maximum absolute atomic E-state index is 12.3. The number of phenols is 2. The Labute approximate surface area is 117 Å². The van der Waals surface area contributed by atoms with Crippen LogP contribution in [-0.4, -0.2) is 47.1 Å². The smallest absolute Gasteiger partial charge is 0.261 e. The van der Waals surface area contributed by atoms with Crippen molar-refractivity contribution in [2.24, 2.45) is 5.92 Å². The van der Waals surface area contributed by atoms with Gasteiger partial charge in [0.15, 0.2) is 0 Å². The molecule has 6 heteroatoms. The van der Waals surface area contributed by atoms with Crippen LogP contribution < -0.4 is 5.32 Å². The lowest BCUT2D eigenvalue weighted by Gasteiger charge is -2.31. The molecule has 1 aliphatic heterocycles. The Morgan fingerprint density at radius 1 is 1.20 bits per heavy atom. The zero-order valence-corrected chi connectivity index (χ0v) is 11.3. The van der Waals surface area contributed by atoms with Gasteiger partial charge in [0.2, 0.25) is 5.91 Å². The molecule has 6 nitrogen and oxygen atoms in total. The van der Waals surface area contributed by atoms with Crippen LogP contribution >= 0.6 is 0 Å². The van der Waals surface area contributed by atoms with Gasteiger partial charge in [-0.3, -0.25) is 9.59 Å². The number of nitrogens with one attached hydrogen (secondary N) is 1. The molecular formula is C14H18N2O4. The van der Waals surface area contributed by atoms with Gasteiger partial charge in [-0.1, -0.05) is 6.07 Å². The van der Waals surface area contributed by atoms with E-state index in [0.29, 0.717) is 25.9 Å². The van der Waals surface area contributed by atoms with Crippen molar-refractivity contribution in [1.29, 1.82) is 0 Å². The zero-order chi connectivity index (χ0) is 14.7. The lowest BCUT2D eigenvalue weighted by molar-refractivity contribution is -0.125. The average molecular weight is 278 g/mol. The van der Waals surface area contributed by atoms with Crippen molar-refractivity contribution < 1.29 is 19.8 Å². The normalized spacial score (nSPS) is 15.9. The number of hydrogen-bond donors (Lipinski definition) is 3. The van der Waals surface area contributed by atoms with E-state index in [4.69, 9.17) is 0 Å². The first-order valence-corrected chi connectivity index (χ1v) is 6.56. The molecule has 1 aromatic rings. The predicted octanol–water partition coefficient (Wildman–Crippen LogP) is 0.696. The molecule has 0 saturated carbocycles. The summed E-state index contributed by atoms with van der Waals surface area (Å²) in [7, 11) is 1.60. The first-order chi connectivity index (χ1) is 9.54. The molecule has 1 saturated heterocycles. The first-order valence-electron chi connectivity index (χ1n) is 6.56. The minimum absolute atomic E-state index is 0.0116. The number of carbonyl (C=O) groups excluding carboxylic acids is 2. The van der Waals surface area contributed by atoms with Crippen LogP contribution in [0.4, 0.5) is 0 Å². The van der Waals surface area contributed by atoms with Gasteiger partial charge in [-0.15, -0.1) is 0 Å². The van der Waals surface area contributed by atoms with E-state index in [1.54, 1.807) is 11.9 Å². The van der Waals surface area contributed by atoms with Crippen molar-refractivity contribution in [3.63, 3.8) is 0 Å². The van der Waals surface area contributed by atoms with Gasteiger partial charge in [0.05, 0.1) is 0 Å². The van der Waals surface area contributed by atoms with E-state index in [9.17, 15) is 19.8 Å². The van der Waals surface area contributed by atoms with Gasteiger partial charge < -0.3 is 20.4 Å². The number of amides is 2. The van der Waals surface area contributed by atoms with Gasteiger partial charge in [-0.05, 0) is 25.0 Å². The van der Waals surface area contributed by atoms with Crippen LogP contribution in [0.1, 0.15) is 23.2 Å². The van der Waals surface area contributed by atoms with E-state index in [2.05, 4.69) is 5.32 Å². The fraction of sp³-hybridized carbons (Fsp3) is 0.429. The highest BCUT2D eigenvalue weighted by atomic mass is 16.3. The molecule has 1 aliphatic rings. The third-order valence-corrected chi connectivity index (χ3v) is 3.63. The Hall–Kier alpha value is -2.24. The quantitative estimate of drug-likeness (QED) is 0.742. The molecule has 1 heterocycles. The van der Waals surface area contributed by atoms with Gasteiger partial charge in [0.1, 0.15) is 17.1 Å². The molecule has 2 rings (SSSR count). The average Bonchev–Trinajstić information content (AvgIpc) is 2.46. The van der Waals surface area contributed by atoms with Gasteiger partial charge in [-0.2, -0.15) is 0 Å². The molecule has 0 bridgehead atoms. The summed E-state index contributed by atoms with van der Waals surface area (Å²) in [5, 5.41) is 22.0. The predicted molar refractivity (Wildman–Crippen MR) is 72.5 cm³/mol. The van der Waals surface area contributed by atoms with Crippen LogP contribution in [-0.2, 0) is 4.79 Å². The van der Waals surface area contributed by atoms with Crippen LogP contribution in [0, 0.1) is 5.92 Å². The number of phenolic OH excluding ortho intramolecular Hbond substituents is 2. The molecule has 0 aliphatic carbocycles. The molecule has 0 radical (unpaired) electrons. The summed E-state index contributed by atoms with van der Waals surface area (Å²) in [6.45, 7) is 0.870. The third kappa shape index (κ3) is 2.68. The second-order valence-corrected chi connectivity index (χ2v) is 4.85. The van der Waals surface area contributed by atoms with Crippen molar-refractivity contribution in [2.45, 2.75) is 12.8 Å². The monoisotopic (exact) mass is 278 g/mol. The Kier molecular flexibility index (Phi) is 4.12. The molecule has 1 fully saturated rings. The van der Waals surface area contributed by atoms with E-state index in [-0.39, 0.29) is 28.9 Å². The molecule has 2 amide bonds. The lowest BCUT2D eigenvalue weighted by atomic mass is 9.95. The number of carbonyl (C=O) groups is 2. The van der Waals surface area contributed by atoms with Crippen molar-refractivity contribution >= 4 is 11.8 Å². The van der Waals surface area contributed by atoms with E-state index in [1.165, 1.54) is 18.2 Å². The number of nitrogens with zero attached hydrogens (tertiary/aromatic N) is 1. The largest absolute Gasteiger partial charge is 0.507 e. The summed E-state index contributed by atoms with van der Waals surface area (Å²) < 4.78 is 0. The van der Waals surface area contributed by atoms with E-state index in [0.717, 1.165) is 0 Å². The highest BCUT2D eigenvalue weighted by Crippen LogP contribution is 2.29. The van der Waals surface area contributed by atoms with Crippen LogP contribution in [0.5, 0.6) is 11.5 Å². The molecule has 1 aromatic carbocycles. The molecule has 0 unspecified atom stereocenters. The zero-order valence-electron chi connectivity index (χ0n) is 11.3. The number of aromatic hydroxyl groups is 2. The fourth-order valence-electron chi connectivity index (χ4n) is 2.45. The molecule has 0 atom stereocenters. The maximum atomic E-state index is 12.3. The SMILES string of the molecule is CNC(=O)C1CCN(C(=O)c2c(O)cccc2O)CC1. The summed E-state index contributed by atoms with van der Waals surface area (Å²) in [6.07, 6.45) is 1.17. The number of piperidine rings is 1. The van der Waals surface area contributed by atoms with E-state index >= 15 is 0 Å². The van der Waals surface area contributed by atoms with Crippen molar-refractivity contribution in [2.75, 3.05) is 20.1 Å². The van der Waals surface area contributed by atoms with Crippen LogP contribution in [0.3, 0.4) is 0 Å². The summed E-state index contributed by atoms with van der Waals surface area (Å²) in [4.78, 5) is 25.4. The number of rotatable bonds is 2. The summed E-state index contributed by atoms with van der Waals surface area (Å²) in [5.41, 5.74) is -0.0779. The molecular weight excluding hydrogens is 260 g/mol. The van der Waals surface area contributed by atoms with Crippen LogP contribution in [0.15, 0.2) is 18.2 Å².